The highest BCUT2D eigenvalue weighted by Gasteiger charge is 2.23. The Bertz CT molecular complexity index is 469. The highest BCUT2D eigenvalue weighted by atomic mass is 79.9. The molecule has 0 saturated heterocycles. The van der Waals surface area contributed by atoms with Crippen LogP contribution in [0.25, 0.3) is 0 Å². The van der Waals surface area contributed by atoms with Crippen molar-refractivity contribution in [2.75, 3.05) is 5.32 Å². The molecular weight excluding hydrogens is 307 g/mol. The van der Waals surface area contributed by atoms with Crippen molar-refractivity contribution in [3.8, 4) is 0 Å². The second-order valence-corrected chi connectivity index (χ2v) is 6.38. The Morgan fingerprint density at radius 2 is 2.00 bits per heavy atom. The number of alkyl halides is 1. The molecule has 0 aliphatic heterocycles. The molecule has 0 unspecified atom stereocenters. The SMILES string of the molecule is CC(C)(Br)C(=O)Nc1ccc(C(N)=O)c(Cl)c1. The smallest absolute Gasteiger partial charge is 0.250 e. The molecule has 0 spiro atoms. The molecule has 1 aromatic carbocycles. The number of anilines is 1. The highest BCUT2D eigenvalue weighted by Crippen LogP contribution is 2.23. The molecule has 17 heavy (non-hydrogen) atoms. The van der Waals surface area contributed by atoms with Crippen molar-refractivity contribution in [3.63, 3.8) is 0 Å². The molecule has 0 radical (unpaired) electrons. The minimum Gasteiger partial charge on any atom is -0.366 e. The molecule has 92 valence electrons. The fourth-order valence-corrected chi connectivity index (χ4v) is 1.45. The molecule has 0 saturated carbocycles. The number of nitrogens with two attached hydrogens (primary N) is 1. The molecule has 0 aromatic heterocycles. The van der Waals surface area contributed by atoms with E-state index in [9.17, 15) is 9.59 Å². The van der Waals surface area contributed by atoms with Crippen LogP contribution in [0, 0.1) is 0 Å². The van der Waals surface area contributed by atoms with Crippen LogP contribution in [0.3, 0.4) is 0 Å². The first-order valence-corrected chi connectivity index (χ1v) is 5.98. The summed E-state index contributed by atoms with van der Waals surface area (Å²) >= 11 is 9.10. The number of amides is 2. The number of carbonyl (C=O) groups is 2. The maximum atomic E-state index is 11.7. The zero-order valence-electron chi connectivity index (χ0n) is 9.38. The van der Waals surface area contributed by atoms with Gasteiger partial charge in [0.15, 0.2) is 0 Å². The number of halogens is 2. The summed E-state index contributed by atoms with van der Waals surface area (Å²) in [7, 11) is 0. The van der Waals surface area contributed by atoms with Gasteiger partial charge < -0.3 is 11.1 Å². The summed E-state index contributed by atoms with van der Waals surface area (Å²) in [6, 6.07) is 4.53. The van der Waals surface area contributed by atoms with Crippen LogP contribution in [0.1, 0.15) is 24.2 Å². The first-order chi connectivity index (χ1) is 7.71. The van der Waals surface area contributed by atoms with E-state index in [1.54, 1.807) is 19.9 Å². The normalized spacial score (nSPS) is 11.1. The summed E-state index contributed by atoms with van der Waals surface area (Å²) in [4.78, 5) is 22.6. The minimum absolute atomic E-state index is 0.208. The van der Waals surface area contributed by atoms with Crippen molar-refractivity contribution in [3.05, 3.63) is 28.8 Å². The van der Waals surface area contributed by atoms with Gasteiger partial charge in [0.1, 0.15) is 0 Å². The van der Waals surface area contributed by atoms with Crippen LogP contribution in [-0.2, 0) is 4.79 Å². The average Bonchev–Trinajstić information content (AvgIpc) is 2.15. The molecule has 0 fully saturated rings. The van der Waals surface area contributed by atoms with Crippen LogP contribution < -0.4 is 11.1 Å². The Labute approximate surface area is 113 Å². The molecular formula is C11H12BrClN2O2. The maximum Gasteiger partial charge on any atom is 0.250 e. The van der Waals surface area contributed by atoms with E-state index >= 15 is 0 Å². The van der Waals surface area contributed by atoms with E-state index in [2.05, 4.69) is 21.2 Å². The zero-order chi connectivity index (χ0) is 13.2. The lowest BCUT2D eigenvalue weighted by molar-refractivity contribution is -0.117. The van der Waals surface area contributed by atoms with Crippen LogP contribution in [0.2, 0.25) is 5.02 Å². The lowest BCUT2D eigenvalue weighted by Gasteiger charge is -2.16. The lowest BCUT2D eigenvalue weighted by atomic mass is 10.1. The van der Waals surface area contributed by atoms with Gasteiger partial charge >= 0.3 is 0 Å². The van der Waals surface area contributed by atoms with Crippen LogP contribution in [0.4, 0.5) is 5.69 Å². The molecule has 3 N–H and O–H groups in total. The summed E-state index contributed by atoms with van der Waals surface area (Å²) in [5, 5.41) is 2.88. The fraction of sp³-hybridized carbons (Fsp3) is 0.273. The van der Waals surface area contributed by atoms with Gasteiger partial charge in [-0.25, -0.2) is 0 Å². The van der Waals surface area contributed by atoms with Crippen molar-refractivity contribution >= 4 is 45.0 Å². The average molecular weight is 320 g/mol. The van der Waals surface area contributed by atoms with Crippen LogP contribution in [0.5, 0.6) is 0 Å². The number of hydrogen-bond donors (Lipinski definition) is 2. The first kappa shape index (κ1) is 14.0. The van der Waals surface area contributed by atoms with Gasteiger partial charge in [0.2, 0.25) is 11.8 Å². The second kappa shape index (κ2) is 5.06. The van der Waals surface area contributed by atoms with Gasteiger partial charge in [0.05, 0.1) is 14.9 Å². The molecule has 2 amide bonds. The van der Waals surface area contributed by atoms with E-state index in [1.807, 2.05) is 0 Å². The predicted octanol–water partition coefficient (Wildman–Crippen LogP) is 2.55. The van der Waals surface area contributed by atoms with Gasteiger partial charge in [0, 0.05) is 5.69 Å². The summed E-state index contributed by atoms with van der Waals surface area (Å²) in [5.41, 5.74) is 5.85. The molecule has 1 rings (SSSR count). The van der Waals surface area contributed by atoms with Gasteiger partial charge in [-0.05, 0) is 32.0 Å². The highest BCUT2D eigenvalue weighted by molar-refractivity contribution is 9.10. The van der Waals surface area contributed by atoms with Gasteiger partial charge in [-0.3, -0.25) is 9.59 Å². The van der Waals surface area contributed by atoms with Crippen molar-refractivity contribution < 1.29 is 9.59 Å². The number of rotatable bonds is 3. The molecule has 0 aliphatic carbocycles. The number of benzene rings is 1. The van der Waals surface area contributed by atoms with Gasteiger partial charge in [-0.1, -0.05) is 27.5 Å². The summed E-state index contributed by atoms with van der Waals surface area (Å²) in [6.07, 6.45) is 0. The van der Waals surface area contributed by atoms with Crippen molar-refractivity contribution in [2.45, 2.75) is 18.2 Å². The Hall–Kier alpha value is -1.07. The summed E-state index contributed by atoms with van der Waals surface area (Å²) in [6.45, 7) is 3.45. The van der Waals surface area contributed by atoms with Crippen molar-refractivity contribution in [2.24, 2.45) is 5.73 Å². The third-order valence-corrected chi connectivity index (χ3v) is 2.71. The van der Waals surface area contributed by atoms with E-state index in [1.165, 1.54) is 12.1 Å². The Morgan fingerprint density at radius 3 is 2.41 bits per heavy atom. The quantitative estimate of drug-likeness (QED) is 0.840. The molecule has 6 heteroatoms. The van der Waals surface area contributed by atoms with Crippen LogP contribution in [0.15, 0.2) is 18.2 Å². The van der Waals surface area contributed by atoms with Gasteiger partial charge in [-0.15, -0.1) is 0 Å². The van der Waals surface area contributed by atoms with Crippen molar-refractivity contribution in [1.82, 2.24) is 0 Å². The molecule has 0 heterocycles. The topological polar surface area (TPSA) is 72.2 Å². The Kier molecular flexibility index (Phi) is 4.16. The number of carbonyl (C=O) groups excluding carboxylic acids is 2. The molecule has 1 aromatic rings. The lowest BCUT2D eigenvalue weighted by Crippen LogP contribution is -2.31. The monoisotopic (exact) mass is 318 g/mol. The summed E-state index contributed by atoms with van der Waals surface area (Å²) in [5.74, 6) is -0.811. The first-order valence-electron chi connectivity index (χ1n) is 4.81. The largest absolute Gasteiger partial charge is 0.366 e. The molecule has 0 aliphatic rings. The number of hydrogen-bond acceptors (Lipinski definition) is 2. The fourth-order valence-electron chi connectivity index (χ4n) is 1.07. The second-order valence-electron chi connectivity index (χ2n) is 3.99. The van der Waals surface area contributed by atoms with E-state index in [0.717, 1.165) is 0 Å². The van der Waals surface area contributed by atoms with E-state index < -0.39 is 10.2 Å². The standard InChI is InChI=1S/C11H12BrClN2O2/c1-11(2,12)10(17)15-6-3-4-7(9(14)16)8(13)5-6/h3-5H,1-2H3,(H2,14,16)(H,15,17). The Morgan fingerprint density at radius 1 is 1.41 bits per heavy atom. The number of primary amides is 1. The predicted molar refractivity (Wildman–Crippen MR) is 71.6 cm³/mol. The van der Waals surface area contributed by atoms with E-state index in [-0.39, 0.29) is 16.5 Å². The van der Waals surface area contributed by atoms with Crippen LogP contribution >= 0.6 is 27.5 Å². The molecule has 0 atom stereocenters. The van der Waals surface area contributed by atoms with Gasteiger partial charge in [0.25, 0.3) is 0 Å². The van der Waals surface area contributed by atoms with E-state index in [0.29, 0.717) is 5.69 Å². The summed E-state index contributed by atoms with van der Waals surface area (Å²) < 4.78 is -0.679. The third-order valence-electron chi connectivity index (χ3n) is 2.03. The van der Waals surface area contributed by atoms with Crippen LogP contribution in [-0.4, -0.2) is 16.1 Å². The Balaban J connectivity index is 2.92. The van der Waals surface area contributed by atoms with Gasteiger partial charge in [-0.2, -0.15) is 0 Å². The van der Waals surface area contributed by atoms with Crippen molar-refractivity contribution in [1.29, 1.82) is 0 Å². The maximum absolute atomic E-state index is 11.7. The number of nitrogens with one attached hydrogen (secondary N) is 1. The van der Waals surface area contributed by atoms with E-state index in [4.69, 9.17) is 17.3 Å². The molecule has 0 bridgehead atoms. The zero-order valence-corrected chi connectivity index (χ0v) is 11.7. The third kappa shape index (κ3) is 3.71. The minimum atomic E-state index is -0.679. The molecule has 4 nitrogen and oxygen atoms in total.